The molecular formula is C15H26N2O2. The fourth-order valence-electron chi connectivity index (χ4n) is 3.72. The van der Waals surface area contributed by atoms with Gasteiger partial charge in [0.1, 0.15) is 0 Å². The van der Waals surface area contributed by atoms with E-state index in [4.69, 9.17) is 0 Å². The van der Waals surface area contributed by atoms with Crippen LogP contribution in [0.3, 0.4) is 0 Å². The van der Waals surface area contributed by atoms with Gasteiger partial charge in [0.25, 0.3) is 0 Å². The summed E-state index contributed by atoms with van der Waals surface area (Å²) in [6.45, 7) is 3.55. The number of carbonyl (C=O) groups excluding carboxylic acids is 1. The van der Waals surface area contributed by atoms with E-state index in [0.717, 1.165) is 32.2 Å². The second-order valence-corrected chi connectivity index (χ2v) is 6.97. The molecule has 19 heavy (non-hydrogen) atoms. The number of hydrogen-bond acceptors (Lipinski definition) is 3. The van der Waals surface area contributed by atoms with E-state index in [2.05, 4.69) is 12.2 Å². The fourth-order valence-corrected chi connectivity index (χ4v) is 3.72. The van der Waals surface area contributed by atoms with Crippen molar-refractivity contribution in [1.29, 1.82) is 0 Å². The van der Waals surface area contributed by atoms with Crippen LogP contribution in [0.4, 0.5) is 0 Å². The Bertz CT molecular complexity index is 356. The van der Waals surface area contributed by atoms with E-state index in [1.54, 1.807) is 0 Å². The van der Waals surface area contributed by atoms with Crippen molar-refractivity contribution in [2.45, 2.75) is 69.6 Å². The second kappa shape index (κ2) is 5.06. The molecule has 3 rings (SSSR count). The molecule has 1 aliphatic heterocycles. The first-order valence-corrected chi connectivity index (χ1v) is 7.83. The van der Waals surface area contributed by atoms with Crippen LogP contribution in [-0.4, -0.2) is 46.7 Å². The average molecular weight is 266 g/mol. The summed E-state index contributed by atoms with van der Waals surface area (Å²) >= 11 is 0. The van der Waals surface area contributed by atoms with Crippen molar-refractivity contribution < 1.29 is 9.90 Å². The number of nitrogens with zero attached hydrogens (tertiary/aromatic N) is 1. The molecule has 4 nitrogen and oxygen atoms in total. The number of hydrogen-bond donors (Lipinski definition) is 2. The Morgan fingerprint density at radius 2 is 2.16 bits per heavy atom. The van der Waals surface area contributed by atoms with Gasteiger partial charge >= 0.3 is 0 Å². The number of β-amino-alcohol motifs (C(OH)–C–C–N with tert-alkyl or cyclic N) is 1. The normalized spacial score (nSPS) is 39.9. The Balaban J connectivity index is 1.55. The van der Waals surface area contributed by atoms with Crippen LogP contribution in [0.5, 0.6) is 0 Å². The lowest BCUT2D eigenvalue weighted by Gasteiger charge is -2.38. The average Bonchev–Trinajstić information content (AvgIpc) is 3.09. The zero-order valence-corrected chi connectivity index (χ0v) is 11.9. The van der Waals surface area contributed by atoms with Crippen molar-refractivity contribution >= 4 is 5.91 Å². The maximum absolute atomic E-state index is 12.3. The summed E-state index contributed by atoms with van der Waals surface area (Å²) in [5.74, 6) is 0.787. The summed E-state index contributed by atoms with van der Waals surface area (Å²) in [6.07, 6.45) is 7.32. The SMILES string of the molecule is CC1CCCC(O)(CN2CCC(NC3CC3)C2=O)C1. The molecule has 3 unspecified atom stereocenters. The number of rotatable bonds is 4. The summed E-state index contributed by atoms with van der Waals surface area (Å²) < 4.78 is 0. The lowest BCUT2D eigenvalue weighted by Crippen LogP contribution is -2.48. The van der Waals surface area contributed by atoms with E-state index in [-0.39, 0.29) is 11.9 Å². The molecule has 108 valence electrons. The molecule has 1 heterocycles. The van der Waals surface area contributed by atoms with Crippen molar-refractivity contribution in [3.05, 3.63) is 0 Å². The van der Waals surface area contributed by atoms with E-state index in [0.29, 0.717) is 18.5 Å². The third-order valence-corrected chi connectivity index (χ3v) is 4.86. The Hall–Kier alpha value is -0.610. The molecule has 0 aromatic carbocycles. The quantitative estimate of drug-likeness (QED) is 0.806. The van der Waals surface area contributed by atoms with E-state index in [9.17, 15) is 9.90 Å². The van der Waals surface area contributed by atoms with Gasteiger partial charge in [0.2, 0.25) is 5.91 Å². The maximum atomic E-state index is 12.3. The first-order valence-electron chi connectivity index (χ1n) is 7.83. The van der Waals surface area contributed by atoms with Gasteiger partial charge in [-0.25, -0.2) is 0 Å². The van der Waals surface area contributed by atoms with Gasteiger partial charge in [-0.05, 0) is 38.0 Å². The zero-order valence-electron chi connectivity index (χ0n) is 11.9. The molecule has 2 N–H and O–H groups in total. The highest BCUT2D eigenvalue weighted by Crippen LogP contribution is 2.33. The molecule has 3 aliphatic rings. The van der Waals surface area contributed by atoms with E-state index < -0.39 is 5.60 Å². The molecule has 2 saturated carbocycles. The van der Waals surface area contributed by atoms with E-state index in [1.165, 1.54) is 19.3 Å². The second-order valence-electron chi connectivity index (χ2n) is 6.97. The number of likely N-dealkylation sites (tertiary alicyclic amines) is 1. The van der Waals surface area contributed by atoms with Crippen molar-refractivity contribution in [2.75, 3.05) is 13.1 Å². The lowest BCUT2D eigenvalue weighted by atomic mass is 9.78. The third kappa shape index (κ3) is 3.11. The number of nitrogens with one attached hydrogen (secondary N) is 1. The van der Waals surface area contributed by atoms with Crippen LogP contribution >= 0.6 is 0 Å². The van der Waals surface area contributed by atoms with Gasteiger partial charge in [0, 0.05) is 19.1 Å². The van der Waals surface area contributed by atoms with Gasteiger partial charge in [-0.15, -0.1) is 0 Å². The Morgan fingerprint density at radius 1 is 1.37 bits per heavy atom. The van der Waals surface area contributed by atoms with E-state index in [1.807, 2.05) is 4.90 Å². The molecule has 1 amide bonds. The summed E-state index contributed by atoms with van der Waals surface area (Å²) in [7, 11) is 0. The lowest BCUT2D eigenvalue weighted by molar-refractivity contribution is -0.134. The highest BCUT2D eigenvalue weighted by molar-refractivity contribution is 5.84. The molecule has 2 aliphatic carbocycles. The van der Waals surface area contributed by atoms with E-state index >= 15 is 0 Å². The molecule has 3 atom stereocenters. The van der Waals surface area contributed by atoms with Gasteiger partial charge in [0.15, 0.2) is 0 Å². The highest BCUT2D eigenvalue weighted by Gasteiger charge is 2.41. The number of amides is 1. The third-order valence-electron chi connectivity index (χ3n) is 4.86. The monoisotopic (exact) mass is 266 g/mol. The Kier molecular flexibility index (Phi) is 3.56. The molecule has 0 radical (unpaired) electrons. The predicted molar refractivity (Wildman–Crippen MR) is 73.7 cm³/mol. The Morgan fingerprint density at radius 3 is 2.84 bits per heavy atom. The molecule has 0 spiro atoms. The zero-order chi connectivity index (χ0) is 13.5. The van der Waals surface area contributed by atoms with Crippen molar-refractivity contribution in [2.24, 2.45) is 5.92 Å². The maximum Gasteiger partial charge on any atom is 0.239 e. The largest absolute Gasteiger partial charge is 0.388 e. The van der Waals surface area contributed by atoms with Crippen LogP contribution < -0.4 is 5.32 Å². The van der Waals surface area contributed by atoms with Gasteiger partial charge in [-0.3, -0.25) is 4.79 Å². The fraction of sp³-hybridized carbons (Fsp3) is 0.933. The van der Waals surface area contributed by atoms with Crippen molar-refractivity contribution in [3.8, 4) is 0 Å². The summed E-state index contributed by atoms with van der Waals surface area (Å²) in [6, 6.07) is 0.587. The van der Waals surface area contributed by atoms with Crippen LogP contribution in [0, 0.1) is 5.92 Å². The molecule has 0 aromatic heterocycles. The minimum Gasteiger partial charge on any atom is -0.388 e. The van der Waals surface area contributed by atoms with Crippen LogP contribution in [0.1, 0.15) is 51.9 Å². The molecular weight excluding hydrogens is 240 g/mol. The minimum absolute atomic E-state index is 0.0112. The smallest absolute Gasteiger partial charge is 0.239 e. The molecule has 1 saturated heterocycles. The van der Waals surface area contributed by atoms with Crippen LogP contribution in [0.2, 0.25) is 0 Å². The van der Waals surface area contributed by atoms with Crippen LogP contribution in [-0.2, 0) is 4.79 Å². The highest BCUT2D eigenvalue weighted by atomic mass is 16.3. The van der Waals surface area contributed by atoms with Gasteiger partial charge < -0.3 is 15.3 Å². The van der Waals surface area contributed by atoms with Crippen molar-refractivity contribution in [1.82, 2.24) is 10.2 Å². The number of carbonyl (C=O) groups is 1. The van der Waals surface area contributed by atoms with Crippen molar-refractivity contribution in [3.63, 3.8) is 0 Å². The van der Waals surface area contributed by atoms with Crippen LogP contribution in [0.15, 0.2) is 0 Å². The topological polar surface area (TPSA) is 52.6 Å². The number of aliphatic hydroxyl groups is 1. The molecule has 4 heteroatoms. The van der Waals surface area contributed by atoms with Crippen LogP contribution in [0.25, 0.3) is 0 Å². The molecule has 3 fully saturated rings. The first-order chi connectivity index (χ1) is 9.06. The first kappa shape index (κ1) is 13.4. The predicted octanol–water partition coefficient (Wildman–Crippen LogP) is 1.28. The van der Waals surface area contributed by atoms with Gasteiger partial charge in [-0.1, -0.05) is 19.8 Å². The molecule has 0 bridgehead atoms. The minimum atomic E-state index is -0.637. The van der Waals surface area contributed by atoms with Gasteiger partial charge in [-0.2, -0.15) is 0 Å². The summed E-state index contributed by atoms with van der Waals surface area (Å²) in [4.78, 5) is 14.2. The summed E-state index contributed by atoms with van der Waals surface area (Å²) in [5, 5.41) is 14.1. The molecule has 0 aromatic rings. The summed E-state index contributed by atoms with van der Waals surface area (Å²) in [5.41, 5.74) is -0.637. The standard InChI is InChI=1S/C15H26N2O2/c1-11-3-2-7-15(19,9-11)10-17-8-6-13(14(17)18)16-12-4-5-12/h11-13,16,19H,2-10H2,1H3. The Labute approximate surface area is 115 Å². The van der Waals surface area contributed by atoms with Gasteiger partial charge in [0.05, 0.1) is 11.6 Å².